The van der Waals surface area contributed by atoms with Gasteiger partial charge in [-0.1, -0.05) is 54.6 Å². The Bertz CT molecular complexity index is 1400. The van der Waals surface area contributed by atoms with Crippen LogP contribution in [0, 0.1) is 0 Å². The number of hydrogen-bond acceptors (Lipinski definition) is 4. The van der Waals surface area contributed by atoms with Crippen LogP contribution in [0.2, 0.25) is 0 Å². The van der Waals surface area contributed by atoms with E-state index in [2.05, 4.69) is 46.1 Å². The fourth-order valence-corrected chi connectivity index (χ4v) is 4.97. The fourth-order valence-electron chi connectivity index (χ4n) is 4.97. The van der Waals surface area contributed by atoms with E-state index in [9.17, 15) is 9.59 Å². The molecule has 0 spiro atoms. The number of fused-ring (bicyclic) bond motifs is 1. The van der Waals surface area contributed by atoms with Crippen molar-refractivity contribution in [1.29, 1.82) is 0 Å². The third-order valence-corrected chi connectivity index (χ3v) is 6.88. The molecule has 1 aromatic heterocycles. The highest BCUT2D eigenvalue weighted by Gasteiger charge is 2.37. The van der Waals surface area contributed by atoms with E-state index < -0.39 is 5.54 Å². The second kappa shape index (κ2) is 10.2. The zero-order valence-corrected chi connectivity index (χ0v) is 20.4. The lowest BCUT2D eigenvalue weighted by Crippen LogP contribution is -2.44. The molecule has 0 radical (unpaired) electrons. The van der Waals surface area contributed by atoms with Crippen LogP contribution in [0.4, 0.5) is 0 Å². The van der Waals surface area contributed by atoms with E-state index in [1.165, 1.54) is 16.3 Å². The van der Waals surface area contributed by atoms with Crippen LogP contribution in [0.5, 0.6) is 5.75 Å². The second-order valence-electron chi connectivity index (χ2n) is 9.43. The molecule has 4 aromatic rings. The average Bonchev–Trinajstić information content (AvgIpc) is 3.53. The van der Waals surface area contributed by atoms with Gasteiger partial charge >= 0.3 is 0 Å². The maximum absolute atomic E-state index is 12.7. The Morgan fingerprint density at radius 3 is 2.69 bits per heavy atom. The van der Waals surface area contributed by atoms with Gasteiger partial charge < -0.3 is 15.4 Å². The molecule has 1 aliphatic heterocycles. The van der Waals surface area contributed by atoms with Gasteiger partial charge in [0.1, 0.15) is 11.4 Å². The molecule has 0 bridgehead atoms. The average molecular weight is 483 g/mol. The summed E-state index contributed by atoms with van der Waals surface area (Å²) in [5, 5.41) is 13.0. The molecule has 0 saturated carbocycles. The van der Waals surface area contributed by atoms with Gasteiger partial charge in [0.05, 0.1) is 13.3 Å². The summed E-state index contributed by atoms with van der Waals surface area (Å²) in [7, 11) is 1.63. The topological polar surface area (TPSA) is 85.2 Å². The van der Waals surface area contributed by atoms with Crippen molar-refractivity contribution in [2.45, 2.75) is 44.2 Å². The quantitative estimate of drug-likeness (QED) is 0.372. The minimum absolute atomic E-state index is 0.0425. The lowest BCUT2D eigenvalue weighted by molar-refractivity contribution is -0.122. The van der Waals surface area contributed by atoms with Crippen LogP contribution in [0.1, 0.15) is 36.8 Å². The number of carbonyl (C=O) groups is 2. The zero-order valence-electron chi connectivity index (χ0n) is 20.4. The first-order chi connectivity index (χ1) is 17.5. The third-order valence-electron chi connectivity index (χ3n) is 6.88. The monoisotopic (exact) mass is 482 g/mol. The van der Waals surface area contributed by atoms with Gasteiger partial charge in [-0.05, 0) is 47.7 Å². The van der Waals surface area contributed by atoms with Crippen LogP contribution >= 0.6 is 0 Å². The molecule has 2 amide bonds. The van der Waals surface area contributed by atoms with Crippen LogP contribution in [0.25, 0.3) is 16.5 Å². The molecule has 184 valence electrons. The lowest BCUT2D eigenvalue weighted by Gasteiger charge is -2.29. The van der Waals surface area contributed by atoms with Gasteiger partial charge in [-0.3, -0.25) is 9.59 Å². The first-order valence-corrected chi connectivity index (χ1v) is 12.3. The number of nitrogens with zero attached hydrogens (tertiary/aromatic N) is 2. The molecule has 5 rings (SSSR count). The number of hydrogen-bond donors (Lipinski definition) is 2. The molecule has 2 heterocycles. The molecule has 1 unspecified atom stereocenters. The summed E-state index contributed by atoms with van der Waals surface area (Å²) in [6.07, 6.45) is 6.51. The van der Waals surface area contributed by atoms with Gasteiger partial charge in [0, 0.05) is 36.7 Å². The summed E-state index contributed by atoms with van der Waals surface area (Å²) in [5.74, 6) is 0.741. The smallest absolute Gasteiger partial charge is 0.220 e. The van der Waals surface area contributed by atoms with Gasteiger partial charge in [0.2, 0.25) is 11.8 Å². The van der Waals surface area contributed by atoms with Gasteiger partial charge in [-0.25, -0.2) is 4.68 Å². The van der Waals surface area contributed by atoms with E-state index in [1.807, 2.05) is 42.6 Å². The Hall–Kier alpha value is -4.13. The maximum Gasteiger partial charge on any atom is 0.220 e. The number of rotatable bonds is 9. The fraction of sp³-hybridized carbons (Fsp3) is 0.276. The highest BCUT2D eigenvalue weighted by atomic mass is 16.5. The predicted octanol–water partition coefficient (Wildman–Crippen LogP) is 4.32. The van der Waals surface area contributed by atoms with E-state index in [-0.39, 0.29) is 11.8 Å². The van der Waals surface area contributed by atoms with Crippen molar-refractivity contribution in [1.82, 2.24) is 20.4 Å². The molecular weight excluding hydrogens is 452 g/mol. The van der Waals surface area contributed by atoms with E-state index in [4.69, 9.17) is 4.74 Å². The van der Waals surface area contributed by atoms with Crippen molar-refractivity contribution in [3.63, 3.8) is 0 Å². The van der Waals surface area contributed by atoms with E-state index >= 15 is 0 Å². The molecule has 1 saturated heterocycles. The summed E-state index contributed by atoms with van der Waals surface area (Å²) >= 11 is 0. The number of carbonyl (C=O) groups excluding carboxylic acids is 2. The predicted molar refractivity (Wildman–Crippen MR) is 139 cm³/mol. The van der Waals surface area contributed by atoms with Gasteiger partial charge in [0.25, 0.3) is 0 Å². The first kappa shape index (κ1) is 23.6. The Labute approximate surface area is 210 Å². The Morgan fingerprint density at radius 2 is 1.89 bits per heavy atom. The van der Waals surface area contributed by atoms with Crippen molar-refractivity contribution in [3.8, 4) is 11.4 Å². The Kier molecular flexibility index (Phi) is 6.71. The zero-order chi connectivity index (χ0) is 25.0. The van der Waals surface area contributed by atoms with Crippen LogP contribution in [0.15, 0.2) is 79.1 Å². The SMILES string of the molecule is COc1ccccc1-n1cc(CNC(=O)CCC2(Cc3ccc4ccccc4c3)CCC(=O)N2)cn1. The number of benzene rings is 3. The molecule has 3 aromatic carbocycles. The number of para-hydroxylation sites is 2. The largest absolute Gasteiger partial charge is 0.494 e. The maximum atomic E-state index is 12.7. The molecule has 0 aliphatic carbocycles. The number of amides is 2. The van der Waals surface area contributed by atoms with Crippen LogP contribution in [0.3, 0.4) is 0 Å². The standard InChI is InChI=1S/C29H30N4O3/c1-36-26-9-5-4-8-25(26)33-20-22(19-31-33)18-30-27(34)12-14-29(15-13-28(35)32-29)17-21-10-11-23-6-2-3-7-24(23)16-21/h2-11,16,19-20H,12-15,17-18H2,1H3,(H,30,34)(H,32,35). The van der Waals surface area contributed by atoms with Crippen molar-refractivity contribution >= 4 is 22.6 Å². The molecule has 1 aliphatic rings. The molecule has 1 fully saturated rings. The molecule has 7 heteroatoms. The Morgan fingerprint density at radius 1 is 1.08 bits per heavy atom. The first-order valence-electron chi connectivity index (χ1n) is 12.3. The molecular formula is C29H30N4O3. The number of nitrogens with one attached hydrogen (secondary N) is 2. The summed E-state index contributed by atoms with van der Waals surface area (Å²) in [5.41, 5.74) is 2.51. The van der Waals surface area contributed by atoms with Crippen molar-refractivity contribution in [2.75, 3.05) is 7.11 Å². The van der Waals surface area contributed by atoms with Crippen molar-refractivity contribution in [3.05, 3.63) is 90.3 Å². The normalized spacial score (nSPS) is 17.2. The van der Waals surface area contributed by atoms with Crippen molar-refractivity contribution < 1.29 is 14.3 Å². The highest BCUT2D eigenvalue weighted by molar-refractivity contribution is 5.83. The van der Waals surface area contributed by atoms with Crippen LogP contribution in [-0.2, 0) is 22.6 Å². The molecule has 36 heavy (non-hydrogen) atoms. The molecule has 2 N–H and O–H groups in total. The van der Waals surface area contributed by atoms with Gasteiger partial charge in [-0.15, -0.1) is 0 Å². The number of ether oxygens (including phenoxy) is 1. The van der Waals surface area contributed by atoms with Crippen LogP contribution in [-0.4, -0.2) is 34.2 Å². The summed E-state index contributed by atoms with van der Waals surface area (Å²) in [6, 6.07) is 22.3. The van der Waals surface area contributed by atoms with E-state index in [0.717, 1.165) is 23.4 Å². The third kappa shape index (κ3) is 5.25. The van der Waals surface area contributed by atoms with Crippen molar-refractivity contribution in [2.24, 2.45) is 0 Å². The number of aromatic nitrogens is 2. The van der Waals surface area contributed by atoms with Gasteiger partial charge in [0.15, 0.2) is 0 Å². The lowest BCUT2D eigenvalue weighted by atomic mass is 9.84. The summed E-state index contributed by atoms with van der Waals surface area (Å²) < 4.78 is 7.15. The second-order valence-corrected chi connectivity index (χ2v) is 9.43. The minimum Gasteiger partial charge on any atom is -0.494 e. The minimum atomic E-state index is -0.397. The summed E-state index contributed by atoms with van der Waals surface area (Å²) in [6.45, 7) is 0.387. The molecule has 1 atom stereocenters. The van der Waals surface area contributed by atoms with Gasteiger partial charge in [-0.2, -0.15) is 5.10 Å². The summed E-state index contributed by atoms with van der Waals surface area (Å²) in [4.78, 5) is 24.9. The van der Waals surface area contributed by atoms with E-state index in [0.29, 0.717) is 32.2 Å². The van der Waals surface area contributed by atoms with E-state index in [1.54, 1.807) is 18.0 Å². The van der Waals surface area contributed by atoms with Crippen LogP contribution < -0.4 is 15.4 Å². The molecule has 7 nitrogen and oxygen atoms in total. The Balaban J connectivity index is 1.20. The number of methoxy groups -OCH3 is 1. The highest BCUT2D eigenvalue weighted by Crippen LogP contribution is 2.30.